The van der Waals surface area contributed by atoms with E-state index in [1.165, 1.54) is 18.6 Å². The van der Waals surface area contributed by atoms with E-state index in [2.05, 4.69) is 25.1 Å². The van der Waals surface area contributed by atoms with Crippen LogP contribution in [0.3, 0.4) is 0 Å². The Hall–Kier alpha value is -3.19. The maximum Gasteiger partial charge on any atom is 0.254 e. The van der Waals surface area contributed by atoms with E-state index in [9.17, 15) is 12.9 Å². The van der Waals surface area contributed by atoms with Gasteiger partial charge in [0, 0.05) is 23.7 Å². The summed E-state index contributed by atoms with van der Waals surface area (Å²) in [5, 5.41) is 7.06. The standard InChI is InChI=1S/C20H24FN7O3S2/c1-4-33(30)27-14-6-5-13(9-15(14)31-11-12(2)3)18-17(19(22)29)20(28(26-18)32-21)25-16-10-23-7-8-24-16/h5-10,12,27H,4,11H2,1-3H3,(H2,22,29)(H,24,25). The van der Waals surface area contributed by atoms with Crippen molar-refractivity contribution in [1.29, 1.82) is 0 Å². The second-order valence-electron chi connectivity index (χ2n) is 7.25. The minimum Gasteiger partial charge on any atom is -0.491 e. The molecule has 13 heteroatoms. The maximum absolute atomic E-state index is 13.7. The summed E-state index contributed by atoms with van der Waals surface area (Å²) in [6.07, 6.45) is 4.34. The SMILES string of the molecule is CCS(=O)Nc1ccc(-c2nn(SF)c(Nc3cnccn3)c2C(N)=O)cc1OCC(C)C. The van der Waals surface area contributed by atoms with E-state index in [4.69, 9.17) is 10.5 Å². The van der Waals surface area contributed by atoms with Crippen molar-refractivity contribution in [3.8, 4) is 17.0 Å². The van der Waals surface area contributed by atoms with Crippen LogP contribution in [-0.4, -0.2) is 41.6 Å². The Morgan fingerprint density at radius 2 is 2.15 bits per heavy atom. The van der Waals surface area contributed by atoms with E-state index < -0.39 is 16.9 Å². The van der Waals surface area contributed by atoms with Crippen LogP contribution in [0.25, 0.3) is 11.3 Å². The van der Waals surface area contributed by atoms with Crippen LogP contribution in [0.5, 0.6) is 5.75 Å². The van der Waals surface area contributed by atoms with Crippen molar-refractivity contribution >= 4 is 46.5 Å². The molecule has 0 fully saturated rings. The van der Waals surface area contributed by atoms with Gasteiger partial charge in [-0.25, -0.2) is 9.19 Å². The summed E-state index contributed by atoms with van der Waals surface area (Å²) in [7, 11) is -1.29. The largest absolute Gasteiger partial charge is 0.491 e. The molecule has 4 N–H and O–H groups in total. The van der Waals surface area contributed by atoms with E-state index >= 15 is 0 Å². The number of nitrogens with one attached hydrogen (secondary N) is 2. The molecule has 1 amide bonds. The number of hydrogen-bond acceptors (Lipinski definition) is 8. The summed E-state index contributed by atoms with van der Waals surface area (Å²) in [6.45, 7) is 6.19. The molecule has 0 saturated carbocycles. The molecule has 0 saturated heterocycles. The lowest BCUT2D eigenvalue weighted by molar-refractivity contribution is 0.100. The summed E-state index contributed by atoms with van der Waals surface area (Å²) in [5.41, 5.74) is 6.75. The van der Waals surface area contributed by atoms with Gasteiger partial charge in [0.1, 0.15) is 33.8 Å². The molecule has 3 aromatic rings. The number of halogens is 1. The highest BCUT2D eigenvalue weighted by molar-refractivity contribution is 7.92. The van der Waals surface area contributed by atoms with Gasteiger partial charge >= 0.3 is 0 Å². The molecule has 0 radical (unpaired) electrons. The third kappa shape index (κ3) is 5.99. The van der Waals surface area contributed by atoms with Gasteiger partial charge in [-0.15, -0.1) is 3.89 Å². The normalized spacial score (nSPS) is 11.9. The number of carbonyl (C=O) groups is 1. The first-order chi connectivity index (χ1) is 15.8. The number of nitrogens with two attached hydrogens (primary N) is 1. The van der Waals surface area contributed by atoms with Crippen molar-refractivity contribution in [3.05, 3.63) is 42.4 Å². The Balaban J connectivity index is 2.09. The number of anilines is 3. The molecule has 33 heavy (non-hydrogen) atoms. The molecule has 0 aliphatic heterocycles. The molecule has 0 bridgehead atoms. The van der Waals surface area contributed by atoms with Crippen LogP contribution in [0.15, 0.2) is 36.8 Å². The smallest absolute Gasteiger partial charge is 0.254 e. The molecule has 176 valence electrons. The number of ether oxygens (including phenoxy) is 1. The van der Waals surface area contributed by atoms with Crippen molar-refractivity contribution in [2.75, 3.05) is 22.4 Å². The number of nitrogens with zero attached hydrogens (tertiary/aromatic N) is 4. The number of amides is 1. The second-order valence-corrected chi connectivity index (χ2v) is 9.20. The molecular weight excluding hydrogens is 469 g/mol. The minimum absolute atomic E-state index is 0.0180. The predicted octanol–water partition coefficient (Wildman–Crippen LogP) is 3.69. The van der Waals surface area contributed by atoms with Crippen molar-refractivity contribution in [2.45, 2.75) is 20.8 Å². The summed E-state index contributed by atoms with van der Waals surface area (Å²) in [6, 6.07) is 4.97. The first-order valence-corrected chi connectivity index (χ1v) is 12.0. The topological polar surface area (TPSA) is 137 Å². The average molecular weight is 494 g/mol. The molecule has 10 nitrogen and oxygen atoms in total. The Morgan fingerprint density at radius 3 is 2.76 bits per heavy atom. The molecule has 1 unspecified atom stereocenters. The number of aromatic nitrogens is 4. The van der Waals surface area contributed by atoms with Gasteiger partial charge in [0.15, 0.2) is 18.2 Å². The molecule has 1 atom stereocenters. The van der Waals surface area contributed by atoms with Crippen molar-refractivity contribution < 1.29 is 17.6 Å². The van der Waals surface area contributed by atoms with Gasteiger partial charge in [-0.2, -0.15) is 9.19 Å². The number of rotatable bonds is 11. The summed E-state index contributed by atoms with van der Waals surface area (Å²) < 4.78 is 35.5. The molecule has 2 aromatic heterocycles. The summed E-state index contributed by atoms with van der Waals surface area (Å²) >= 11 is -0.202. The third-order valence-corrected chi connectivity index (χ3v) is 5.66. The van der Waals surface area contributed by atoms with Crippen LogP contribution < -0.4 is 20.5 Å². The lowest BCUT2D eigenvalue weighted by Crippen LogP contribution is -2.14. The lowest BCUT2D eigenvalue weighted by atomic mass is 10.1. The van der Waals surface area contributed by atoms with Crippen LogP contribution in [0.2, 0.25) is 0 Å². The molecule has 0 spiro atoms. The monoisotopic (exact) mass is 493 g/mol. The van der Waals surface area contributed by atoms with Gasteiger partial charge in [0.05, 0.1) is 18.5 Å². The van der Waals surface area contributed by atoms with E-state index in [0.29, 0.717) is 29.4 Å². The molecule has 0 aliphatic carbocycles. The highest BCUT2D eigenvalue weighted by atomic mass is 32.2. The van der Waals surface area contributed by atoms with Gasteiger partial charge in [-0.1, -0.05) is 26.8 Å². The minimum atomic E-state index is -1.29. The number of carbonyl (C=O) groups excluding carboxylic acids is 1. The number of primary amides is 1. The van der Waals surface area contributed by atoms with Crippen molar-refractivity contribution in [3.63, 3.8) is 0 Å². The van der Waals surface area contributed by atoms with Gasteiger partial charge in [0.2, 0.25) is 0 Å². The summed E-state index contributed by atoms with van der Waals surface area (Å²) in [4.78, 5) is 20.4. The van der Waals surface area contributed by atoms with E-state index in [1.807, 2.05) is 13.8 Å². The van der Waals surface area contributed by atoms with Crippen molar-refractivity contribution in [2.24, 2.45) is 11.7 Å². The van der Waals surface area contributed by atoms with Crippen LogP contribution >= 0.6 is 12.3 Å². The fourth-order valence-electron chi connectivity index (χ4n) is 2.80. The zero-order chi connectivity index (χ0) is 24.0. The zero-order valence-corrected chi connectivity index (χ0v) is 19.9. The fourth-order valence-corrected chi connectivity index (χ4v) is 3.68. The molecule has 3 rings (SSSR count). The van der Waals surface area contributed by atoms with Crippen LogP contribution in [0.4, 0.5) is 21.2 Å². The maximum atomic E-state index is 13.7. The third-order valence-electron chi connectivity index (χ3n) is 4.29. The van der Waals surface area contributed by atoms with Gasteiger partial charge in [-0.3, -0.25) is 9.78 Å². The highest BCUT2D eigenvalue weighted by Gasteiger charge is 2.25. The Morgan fingerprint density at radius 1 is 1.36 bits per heavy atom. The van der Waals surface area contributed by atoms with Gasteiger partial charge in [0.25, 0.3) is 5.91 Å². The average Bonchev–Trinajstić information content (AvgIpc) is 3.17. The van der Waals surface area contributed by atoms with Gasteiger partial charge in [-0.05, 0) is 18.1 Å². The quantitative estimate of drug-likeness (QED) is 0.368. The number of benzene rings is 1. The Bertz CT molecular complexity index is 1140. The van der Waals surface area contributed by atoms with Crippen LogP contribution in [-0.2, 0) is 11.0 Å². The molecule has 2 heterocycles. The first kappa shape index (κ1) is 24.5. The molecular formula is C20H24FN7O3S2. The Kier molecular flexibility index (Phi) is 8.22. The van der Waals surface area contributed by atoms with E-state index in [1.54, 1.807) is 25.1 Å². The van der Waals surface area contributed by atoms with Crippen LogP contribution in [0.1, 0.15) is 31.1 Å². The molecule has 1 aromatic carbocycles. The van der Waals surface area contributed by atoms with Crippen molar-refractivity contribution in [1.82, 2.24) is 19.2 Å². The molecule has 0 aliphatic rings. The highest BCUT2D eigenvalue weighted by Crippen LogP contribution is 2.37. The van der Waals surface area contributed by atoms with Crippen LogP contribution in [0, 0.1) is 5.92 Å². The summed E-state index contributed by atoms with van der Waals surface area (Å²) in [5.74, 6) is 0.560. The predicted molar refractivity (Wildman–Crippen MR) is 128 cm³/mol. The zero-order valence-electron chi connectivity index (χ0n) is 18.2. The number of hydrogen-bond donors (Lipinski definition) is 3. The van der Waals surface area contributed by atoms with Gasteiger partial charge < -0.3 is 20.5 Å². The van der Waals surface area contributed by atoms with E-state index in [-0.39, 0.29) is 41.1 Å². The lowest BCUT2D eigenvalue weighted by Gasteiger charge is -2.15. The first-order valence-electron chi connectivity index (χ1n) is 10.0. The second kappa shape index (κ2) is 11.1. The fraction of sp³-hybridized carbons (Fsp3) is 0.300. The Labute approximate surface area is 197 Å². The van der Waals surface area contributed by atoms with E-state index in [0.717, 1.165) is 4.09 Å².